The molecule has 0 aliphatic heterocycles. The molecule has 22 heteroatoms. The van der Waals surface area contributed by atoms with Gasteiger partial charge in [0.2, 0.25) is 0 Å². The van der Waals surface area contributed by atoms with Gasteiger partial charge in [-0.25, -0.2) is 0 Å². The molecule has 256 valence electrons. The minimum absolute atomic E-state index is 0. The van der Waals surface area contributed by atoms with Crippen LogP contribution in [0.4, 0.5) is 0 Å². The first-order valence-corrected chi connectivity index (χ1v) is 5.15. The molecule has 0 bridgehead atoms. The predicted octanol–water partition coefficient (Wildman–Crippen LogP) is 3.53. The van der Waals surface area contributed by atoms with E-state index in [4.69, 9.17) is 9.10 Å². The van der Waals surface area contributed by atoms with E-state index >= 15 is 0 Å². The largest absolute Gasteiger partial charge is 2.00 e. The fraction of sp³-hybridized carbons (Fsp3) is 1.00. The summed E-state index contributed by atoms with van der Waals surface area (Å²) >= 11 is 0.125. The Bertz CT molecular complexity index is 178. The smallest absolute Gasteiger partial charge is 0 e. The molecule has 0 aromatic heterocycles. The molecule has 0 rings (SSSR count). The van der Waals surface area contributed by atoms with Crippen molar-refractivity contribution in [2.75, 3.05) is 6.54 Å². The van der Waals surface area contributed by atoms with Crippen LogP contribution in [0.5, 0.6) is 0 Å². The monoisotopic (exact) mass is 807 g/mol. The molecular formula is C16H86N8O10Zn4+2. The van der Waals surface area contributed by atoms with Gasteiger partial charge in [-0.05, 0) is 16.9 Å². The van der Waals surface area contributed by atoms with Crippen LogP contribution in [0, 0.1) is 5.53 Å². The summed E-state index contributed by atoms with van der Waals surface area (Å²) in [6.45, 7) is 2.88. The van der Waals surface area contributed by atoms with Crippen LogP contribution in [0.2, 0.25) is 0 Å². The number of nitrogens with one attached hydrogen (secondary N) is 1. The minimum atomic E-state index is 0. The van der Waals surface area contributed by atoms with E-state index in [0.29, 0.717) is 6.54 Å². The van der Waals surface area contributed by atoms with Crippen molar-refractivity contribution in [2.45, 2.75) is 107 Å². The summed E-state index contributed by atoms with van der Waals surface area (Å²) in [5, 5.41) is 9.58. The molecule has 0 atom stereocenters. The van der Waals surface area contributed by atoms with Crippen LogP contribution >= 0.6 is 0 Å². The van der Waals surface area contributed by atoms with Gasteiger partial charge in [-0.2, -0.15) is 10.6 Å². The maximum atomic E-state index is 8.38. The molecule has 0 unspecified atom stereocenters. The first-order chi connectivity index (χ1) is 5.91. The molecule has 0 saturated carbocycles. The van der Waals surface area contributed by atoms with Crippen molar-refractivity contribution >= 4 is 0 Å². The fourth-order valence-corrected chi connectivity index (χ4v) is 0.686. The molecule has 0 amide bonds. The number of unbranched alkanes of at least 4 members (excludes halogenated alkanes) is 3. The maximum absolute atomic E-state index is 8.38. The SMILES string of the molecule is C.C.C.C.C.C.C.C.C.C.CCCCCCN=NN=N.N.N.N.O.O.O.O.O.O.O.O.[2HH].[NH4+].[OH-].[O]=[Zn].[Zn+2].[Zn].[Zn]. The van der Waals surface area contributed by atoms with Crippen molar-refractivity contribution < 1.29 is 131 Å². The Morgan fingerprint density at radius 1 is 0.605 bits per heavy atom. The Hall–Kier alpha value is 0.974. The van der Waals surface area contributed by atoms with Gasteiger partial charge in [0.25, 0.3) is 0 Å². The van der Waals surface area contributed by atoms with Crippen molar-refractivity contribution in [3.63, 3.8) is 0 Å². The van der Waals surface area contributed by atoms with Crippen LogP contribution in [0.3, 0.4) is 0 Å². The normalized spacial score (nSPS) is 2.92. The number of hydrogen-bond donors (Lipinski definition) is 5. The second-order valence-electron chi connectivity index (χ2n) is 2.12. The van der Waals surface area contributed by atoms with Crippen LogP contribution in [-0.2, 0) is 80.3 Å². The third kappa shape index (κ3) is 753. The van der Waals surface area contributed by atoms with E-state index in [0.717, 1.165) is 6.42 Å². The molecular weight excluding hydrogens is 726 g/mol. The first-order valence-electron chi connectivity index (χ1n) is 3.94. The summed E-state index contributed by atoms with van der Waals surface area (Å²) in [7, 11) is 0. The van der Waals surface area contributed by atoms with E-state index in [1.165, 1.54) is 19.3 Å². The van der Waals surface area contributed by atoms with Crippen molar-refractivity contribution in [3.8, 4) is 0 Å². The summed E-state index contributed by atoms with van der Waals surface area (Å²) in [6, 6.07) is 0. The number of rotatable bonds is 6. The summed E-state index contributed by atoms with van der Waals surface area (Å²) in [6.07, 6.45) is 4.76. The average Bonchev–Trinajstić information content (AvgIpc) is 2.15. The van der Waals surface area contributed by atoms with Gasteiger partial charge >= 0.3 is 41.3 Å². The third-order valence-electron chi connectivity index (χ3n) is 1.22. The Morgan fingerprint density at radius 3 is 0.974 bits per heavy atom. The zero-order chi connectivity index (χ0) is 9.66. The van der Waals surface area contributed by atoms with E-state index < -0.39 is 0 Å². The van der Waals surface area contributed by atoms with Gasteiger partial charge in [0.15, 0.2) is 0 Å². The molecule has 0 aromatic rings. The summed E-state index contributed by atoms with van der Waals surface area (Å²) < 4.78 is 8.38. The van der Waals surface area contributed by atoms with Crippen molar-refractivity contribution in [1.29, 1.82) is 5.53 Å². The molecule has 0 aliphatic carbocycles. The second kappa shape index (κ2) is 645. The van der Waals surface area contributed by atoms with Gasteiger partial charge in [0.1, 0.15) is 0 Å². The van der Waals surface area contributed by atoms with Crippen molar-refractivity contribution in [1.82, 2.24) is 24.6 Å². The zero-order valence-electron chi connectivity index (χ0n) is 17.2. The standard InChI is InChI=1S/C6H14N4.10CH4.4H3N.9H2O.O.4Zn.H2/c1-2-3-4-5-6-8-10-9-7;;;;;;;;;;;;;;;;;;;;;;;;;;;;;/h7H,2-6H2,1H3;10*1H4;4*1H3;9*1H2;;;;;;1H/q;;;;;;;;;;;;;;;;;;;;;;;;;;;;+2;/i;;;;;;;;;;;;;;;;;;;;;;;;;;;;;1+1. The number of quaternary nitrogens is 1. The van der Waals surface area contributed by atoms with Crippen molar-refractivity contribution in [3.05, 3.63) is 0 Å². The molecule has 0 spiro atoms. The molecule has 18 nitrogen and oxygen atoms in total. The maximum Gasteiger partial charge on any atom is 2.00 e. The van der Waals surface area contributed by atoms with Gasteiger partial charge in [-0.1, -0.05) is 100 Å². The molecule has 0 heterocycles. The van der Waals surface area contributed by atoms with E-state index in [1.54, 1.807) is 0 Å². The Labute approximate surface area is 288 Å². The average molecular weight is 813 g/mol. The van der Waals surface area contributed by atoms with Gasteiger partial charge < -0.3 is 73.9 Å². The van der Waals surface area contributed by atoms with Crippen LogP contribution in [0.25, 0.3) is 0 Å². The van der Waals surface area contributed by atoms with Gasteiger partial charge in [0, 0.05) is 40.4 Å². The predicted molar refractivity (Wildman–Crippen MR) is 161 cm³/mol. The third-order valence-corrected chi connectivity index (χ3v) is 1.22. The topological polar surface area (TPSA) is 502 Å². The Kier molecular flexibility index (Phi) is 7920. The first kappa shape index (κ1) is 467. The number of hydrogen-bond acceptors (Lipinski definition) is 7. The molecule has 38 heavy (non-hydrogen) atoms. The van der Waals surface area contributed by atoms with E-state index in [9.17, 15) is 0 Å². The molecule has 0 saturated heterocycles. The summed E-state index contributed by atoms with van der Waals surface area (Å²) in [4.78, 5) is 0. The van der Waals surface area contributed by atoms with Gasteiger partial charge in [-0.15, -0.1) is 0 Å². The fourth-order valence-electron chi connectivity index (χ4n) is 0.686. The van der Waals surface area contributed by atoms with Crippen LogP contribution in [-0.4, -0.2) is 55.8 Å². The van der Waals surface area contributed by atoms with E-state index in [-0.39, 0.29) is 226 Å². The van der Waals surface area contributed by atoms with E-state index in [2.05, 4.69) is 22.5 Å². The molecule has 0 radical (unpaired) electrons. The quantitative estimate of drug-likeness (QED) is 0.116. The van der Waals surface area contributed by atoms with Crippen LogP contribution in [0.1, 0.15) is 108 Å². The summed E-state index contributed by atoms with van der Waals surface area (Å²) in [5.74, 6) is 0. The molecule has 0 aliphatic rings. The van der Waals surface area contributed by atoms with Crippen molar-refractivity contribution in [2.24, 2.45) is 15.6 Å². The van der Waals surface area contributed by atoms with Crippen LogP contribution in [0.15, 0.2) is 15.6 Å². The second-order valence-corrected chi connectivity index (χ2v) is 2.12. The molecule has 0 aromatic carbocycles. The van der Waals surface area contributed by atoms with Gasteiger partial charge in [0.05, 0.1) is 6.54 Å². The zero-order valence-corrected chi connectivity index (χ0v) is 29.1. The number of nitrogens with zero attached hydrogens (tertiary/aromatic N) is 3. The van der Waals surface area contributed by atoms with E-state index in [1.807, 2.05) is 0 Å². The molecule has 31 N–H and O–H groups in total. The summed E-state index contributed by atoms with van der Waals surface area (Å²) in [5.41, 5.74) is 6.28. The van der Waals surface area contributed by atoms with Gasteiger partial charge in [-0.3, -0.25) is 0 Å². The Morgan fingerprint density at radius 2 is 0.816 bits per heavy atom. The molecule has 0 fully saturated rings. The van der Waals surface area contributed by atoms with Crippen LogP contribution < -0.4 is 24.6 Å². The minimum Gasteiger partial charge on any atom is 0 e. The Balaban J connectivity index is -0.00000000125.